The van der Waals surface area contributed by atoms with Crippen molar-refractivity contribution in [1.82, 2.24) is 10.3 Å². The number of hydrogen-bond acceptors (Lipinski definition) is 4. The molecule has 3 rings (SSSR count). The molecule has 0 spiro atoms. The standard InChI is InChI=1S/C14H17N3O2.2ClH/c1-8-2-5-12-11(17-8)6-13(19-12)14(18)16-7-10(15)9-3-4-9;;/h2,5-6,9-10H,3-4,7,15H2,1H3,(H,16,18);2*1H. The normalized spacial score (nSPS) is 15.0. The van der Waals surface area contributed by atoms with E-state index in [-0.39, 0.29) is 42.5 Å². The average molecular weight is 332 g/mol. The van der Waals surface area contributed by atoms with E-state index in [0.29, 0.717) is 23.6 Å². The van der Waals surface area contributed by atoms with E-state index in [2.05, 4.69) is 10.3 Å². The van der Waals surface area contributed by atoms with Crippen LogP contribution in [0.4, 0.5) is 0 Å². The third-order valence-electron chi connectivity index (χ3n) is 3.46. The second-order valence-electron chi connectivity index (χ2n) is 5.16. The Labute approximate surface area is 135 Å². The van der Waals surface area contributed by atoms with Crippen molar-refractivity contribution in [2.45, 2.75) is 25.8 Å². The molecule has 7 heteroatoms. The molecule has 0 radical (unpaired) electrons. The van der Waals surface area contributed by atoms with Crippen LogP contribution in [0.5, 0.6) is 0 Å². The first-order chi connectivity index (χ1) is 9.13. The summed E-state index contributed by atoms with van der Waals surface area (Å²) in [6.45, 7) is 2.40. The lowest BCUT2D eigenvalue weighted by Crippen LogP contribution is -2.38. The van der Waals surface area contributed by atoms with Gasteiger partial charge in [0.15, 0.2) is 11.3 Å². The first-order valence-electron chi connectivity index (χ1n) is 6.54. The maximum absolute atomic E-state index is 12.0. The molecule has 1 fully saturated rings. The van der Waals surface area contributed by atoms with E-state index in [9.17, 15) is 4.79 Å². The molecular formula is C14H19Cl2N3O2. The molecule has 1 atom stereocenters. The number of nitrogens with two attached hydrogens (primary N) is 1. The molecule has 0 bridgehead atoms. The lowest BCUT2D eigenvalue weighted by atomic mass is 10.2. The fourth-order valence-corrected chi connectivity index (χ4v) is 2.13. The summed E-state index contributed by atoms with van der Waals surface area (Å²) < 4.78 is 5.48. The van der Waals surface area contributed by atoms with Crippen LogP contribution in [0, 0.1) is 12.8 Å². The molecule has 5 nitrogen and oxygen atoms in total. The summed E-state index contributed by atoms with van der Waals surface area (Å²) in [7, 11) is 0. The first kappa shape index (κ1) is 17.8. The number of hydrogen-bond donors (Lipinski definition) is 2. The summed E-state index contributed by atoms with van der Waals surface area (Å²) in [5.74, 6) is 0.628. The number of aryl methyl sites for hydroxylation is 1. The Morgan fingerprint density at radius 1 is 1.48 bits per heavy atom. The number of amides is 1. The zero-order chi connectivity index (χ0) is 13.4. The molecule has 2 aromatic rings. The van der Waals surface area contributed by atoms with Gasteiger partial charge in [-0.25, -0.2) is 4.98 Å². The van der Waals surface area contributed by atoms with Crippen molar-refractivity contribution in [3.63, 3.8) is 0 Å². The topological polar surface area (TPSA) is 81.2 Å². The van der Waals surface area contributed by atoms with Crippen LogP contribution in [0.15, 0.2) is 22.6 Å². The van der Waals surface area contributed by atoms with Gasteiger partial charge in [-0.15, -0.1) is 24.8 Å². The highest BCUT2D eigenvalue weighted by molar-refractivity contribution is 5.95. The minimum absolute atomic E-state index is 0. The van der Waals surface area contributed by atoms with Gasteiger partial charge >= 0.3 is 0 Å². The van der Waals surface area contributed by atoms with Crippen LogP contribution in [0.25, 0.3) is 11.1 Å². The summed E-state index contributed by atoms with van der Waals surface area (Å²) in [5, 5.41) is 2.81. The Hall–Kier alpha value is -1.30. The maximum Gasteiger partial charge on any atom is 0.287 e. The van der Waals surface area contributed by atoms with Gasteiger partial charge in [-0.2, -0.15) is 0 Å². The molecule has 1 unspecified atom stereocenters. The Kier molecular flexibility index (Phi) is 6.01. The molecule has 0 saturated heterocycles. The zero-order valence-corrected chi connectivity index (χ0v) is 13.3. The molecule has 3 N–H and O–H groups in total. The summed E-state index contributed by atoms with van der Waals surface area (Å²) in [6.07, 6.45) is 2.34. The van der Waals surface area contributed by atoms with Crippen LogP contribution >= 0.6 is 24.8 Å². The van der Waals surface area contributed by atoms with Gasteiger partial charge in [-0.05, 0) is 37.8 Å². The van der Waals surface area contributed by atoms with Crippen LogP contribution in [0.2, 0.25) is 0 Å². The lowest BCUT2D eigenvalue weighted by Gasteiger charge is -2.10. The zero-order valence-electron chi connectivity index (χ0n) is 11.7. The highest BCUT2D eigenvalue weighted by atomic mass is 35.5. The SMILES string of the molecule is Cc1ccc2oc(C(=O)NCC(N)C3CC3)cc2n1.Cl.Cl. The van der Waals surface area contributed by atoms with Crippen LogP contribution in [0.3, 0.4) is 0 Å². The highest BCUT2D eigenvalue weighted by Gasteiger charge is 2.28. The number of nitrogens with zero attached hydrogens (tertiary/aromatic N) is 1. The fourth-order valence-electron chi connectivity index (χ4n) is 2.13. The third-order valence-corrected chi connectivity index (χ3v) is 3.46. The van der Waals surface area contributed by atoms with Crippen LogP contribution in [-0.4, -0.2) is 23.5 Å². The van der Waals surface area contributed by atoms with Gasteiger partial charge in [0.05, 0.1) is 0 Å². The monoisotopic (exact) mass is 331 g/mol. The van der Waals surface area contributed by atoms with Gasteiger partial charge in [0.25, 0.3) is 5.91 Å². The van der Waals surface area contributed by atoms with Gasteiger partial charge < -0.3 is 15.5 Å². The second-order valence-corrected chi connectivity index (χ2v) is 5.16. The summed E-state index contributed by atoms with van der Waals surface area (Å²) in [4.78, 5) is 16.3. The molecule has 21 heavy (non-hydrogen) atoms. The number of nitrogens with one attached hydrogen (secondary N) is 1. The Bertz CT molecular complexity index is 626. The van der Waals surface area contributed by atoms with Crippen molar-refractivity contribution in [1.29, 1.82) is 0 Å². The van der Waals surface area contributed by atoms with Gasteiger partial charge in [0.1, 0.15) is 5.52 Å². The molecular weight excluding hydrogens is 313 g/mol. The fraction of sp³-hybridized carbons (Fsp3) is 0.429. The van der Waals surface area contributed by atoms with Crippen molar-refractivity contribution < 1.29 is 9.21 Å². The van der Waals surface area contributed by atoms with E-state index in [1.807, 2.05) is 19.1 Å². The second kappa shape index (κ2) is 7.11. The van der Waals surface area contributed by atoms with E-state index in [1.165, 1.54) is 12.8 Å². The van der Waals surface area contributed by atoms with E-state index < -0.39 is 0 Å². The number of rotatable bonds is 4. The van der Waals surface area contributed by atoms with Crippen molar-refractivity contribution in [3.05, 3.63) is 29.7 Å². The Morgan fingerprint density at radius 3 is 2.86 bits per heavy atom. The molecule has 1 aliphatic rings. The molecule has 2 heterocycles. The average Bonchev–Trinajstić information content (AvgIpc) is 3.15. The van der Waals surface area contributed by atoms with E-state index in [0.717, 1.165) is 5.69 Å². The van der Waals surface area contributed by atoms with Crippen LogP contribution in [-0.2, 0) is 0 Å². The van der Waals surface area contributed by atoms with Crippen LogP contribution in [0.1, 0.15) is 29.1 Å². The van der Waals surface area contributed by atoms with Crippen molar-refractivity contribution >= 4 is 41.8 Å². The first-order valence-corrected chi connectivity index (χ1v) is 6.54. The van der Waals surface area contributed by atoms with Gasteiger partial charge in [-0.3, -0.25) is 4.79 Å². The van der Waals surface area contributed by atoms with Crippen molar-refractivity contribution in [2.24, 2.45) is 11.7 Å². The highest BCUT2D eigenvalue weighted by Crippen LogP contribution is 2.31. The van der Waals surface area contributed by atoms with Crippen molar-refractivity contribution in [2.75, 3.05) is 6.54 Å². The van der Waals surface area contributed by atoms with Crippen LogP contribution < -0.4 is 11.1 Å². The minimum atomic E-state index is -0.230. The molecule has 1 amide bonds. The van der Waals surface area contributed by atoms with Gasteiger partial charge in [0, 0.05) is 24.3 Å². The van der Waals surface area contributed by atoms with Gasteiger partial charge in [-0.1, -0.05) is 0 Å². The molecule has 116 valence electrons. The molecule has 1 aliphatic carbocycles. The smallest absolute Gasteiger partial charge is 0.287 e. The van der Waals surface area contributed by atoms with Crippen molar-refractivity contribution in [3.8, 4) is 0 Å². The Balaban J connectivity index is 0.00000110. The number of carbonyl (C=O) groups excluding carboxylic acids is 1. The largest absolute Gasteiger partial charge is 0.449 e. The number of halogens is 2. The molecule has 2 aromatic heterocycles. The third kappa shape index (κ3) is 4.09. The maximum atomic E-state index is 12.0. The summed E-state index contributed by atoms with van der Waals surface area (Å²) in [6, 6.07) is 5.40. The molecule has 1 saturated carbocycles. The predicted molar refractivity (Wildman–Crippen MR) is 86.3 cm³/mol. The number of pyridine rings is 1. The summed E-state index contributed by atoms with van der Waals surface area (Å²) in [5.41, 5.74) is 8.17. The predicted octanol–water partition coefficient (Wildman–Crippen LogP) is 2.45. The quantitative estimate of drug-likeness (QED) is 0.901. The minimum Gasteiger partial charge on any atom is -0.449 e. The number of fused-ring (bicyclic) bond motifs is 1. The molecule has 0 aliphatic heterocycles. The van der Waals surface area contributed by atoms with Gasteiger partial charge in [0.2, 0.25) is 0 Å². The lowest BCUT2D eigenvalue weighted by molar-refractivity contribution is 0.0924. The Morgan fingerprint density at radius 2 is 2.19 bits per heavy atom. The summed E-state index contributed by atoms with van der Waals surface area (Å²) >= 11 is 0. The number of carbonyl (C=O) groups is 1. The number of aromatic nitrogens is 1. The van der Waals surface area contributed by atoms with E-state index in [1.54, 1.807) is 6.07 Å². The van der Waals surface area contributed by atoms with E-state index >= 15 is 0 Å². The molecule has 0 aromatic carbocycles. The van der Waals surface area contributed by atoms with E-state index in [4.69, 9.17) is 10.2 Å². The number of furan rings is 1.